The zero-order valence-electron chi connectivity index (χ0n) is 13.0. The van der Waals surface area contributed by atoms with E-state index >= 15 is 0 Å². The van der Waals surface area contributed by atoms with Crippen molar-refractivity contribution < 1.29 is 9.53 Å². The van der Waals surface area contributed by atoms with E-state index in [9.17, 15) is 4.79 Å². The maximum atomic E-state index is 12.0. The van der Waals surface area contributed by atoms with Crippen LogP contribution in [0, 0.1) is 11.8 Å². The molecule has 0 aromatic heterocycles. The summed E-state index contributed by atoms with van der Waals surface area (Å²) in [6.07, 6.45) is 5.17. The van der Waals surface area contributed by atoms with Crippen LogP contribution in [0.3, 0.4) is 0 Å². The molecule has 2 atom stereocenters. The van der Waals surface area contributed by atoms with Crippen LogP contribution in [0.1, 0.15) is 49.9 Å². The summed E-state index contributed by atoms with van der Waals surface area (Å²) < 4.78 is 5.10. The largest absolute Gasteiger partial charge is 0.462 e. The number of ether oxygens (including phenoxy) is 1. The molecule has 1 fully saturated rings. The van der Waals surface area contributed by atoms with Crippen LogP contribution in [0.25, 0.3) is 0 Å². The first kappa shape index (κ1) is 15.7. The highest BCUT2D eigenvalue weighted by molar-refractivity contribution is 5.96. The normalized spacial score (nSPS) is 21.8. The van der Waals surface area contributed by atoms with E-state index in [4.69, 9.17) is 10.5 Å². The van der Waals surface area contributed by atoms with Gasteiger partial charge in [0.2, 0.25) is 0 Å². The van der Waals surface area contributed by atoms with Crippen molar-refractivity contribution in [2.75, 3.05) is 24.2 Å². The lowest BCUT2D eigenvalue weighted by Gasteiger charge is -2.27. The number of hydrogen-bond donors (Lipinski definition) is 2. The van der Waals surface area contributed by atoms with Gasteiger partial charge in [-0.25, -0.2) is 4.79 Å². The number of rotatable bonds is 5. The molecule has 0 heterocycles. The summed E-state index contributed by atoms with van der Waals surface area (Å²) in [6, 6.07) is 5.37. The highest BCUT2D eigenvalue weighted by Crippen LogP contribution is 2.29. The summed E-state index contributed by atoms with van der Waals surface area (Å²) >= 11 is 0. The Balaban J connectivity index is 2.03. The topological polar surface area (TPSA) is 64.3 Å². The van der Waals surface area contributed by atoms with Gasteiger partial charge in [-0.3, -0.25) is 0 Å². The number of hydrogen-bond acceptors (Lipinski definition) is 4. The first-order valence-electron chi connectivity index (χ1n) is 7.90. The smallest absolute Gasteiger partial charge is 0.340 e. The molecule has 1 aliphatic carbocycles. The Kier molecular flexibility index (Phi) is 5.48. The highest BCUT2D eigenvalue weighted by Gasteiger charge is 2.20. The number of esters is 1. The van der Waals surface area contributed by atoms with Crippen molar-refractivity contribution in [2.24, 2.45) is 11.8 Å². The van der Waals surface area contributed by atoms with Gasteiger partial charge in [-0.2, -0.15) is 0 Å². The van der Waals surface area contributed by atoms with Crippen LogP contribution in [-0.4, -0.2) is 19.1 Å². The van der Waals surface area contributed by atoms with Crippen molar-refractivity contribution in [1.82, 2.24) is 0 Å². The summed E-state index contributed by atoms with van der Waals surface area (Å²) in [5.74, 6) is 1.17. The molecular weight excluding hydrogens is 264 g/mol. The molecule has 1 saturated carbocycles. The zero-order chi connectivity index (χ0) is 15.2. The number of carbonyl (C=O) groups is 1. The first-order valence-corrected chi connectivity index (χ1v) is 7.90. The molecule has 0 spiro atoms. The molecular formula is C17H26N2O2. The molecule has 1 aliphatic rings. The fourth-order valence-corrected chi connectivity index (χ4v) is 3.09. The van der Waals surface area contributed by atoms with Crippen molar-refractivity contribution in [2.45, 2.75) is 39.5 Å². The average molecular weight is 290 g/mol. The van der Waals surface area contributed by atoms with Gasteiger partial charge in [0.05, 0.1) is 12.2 Å². The van der Waals surface area contributed by atoms with E-state index in [2.05, 4.69) is 12.2 Å². The molecule has 0 radical (unpaired) electrons. The number of nitrogens with two attached hydrogens (primary N) is 1. The van der Waals surface area contributed by atoms with Crippen molar-refractivity contribution in [3.63, 3.8) is 0 Å². The number of carbonyl (C=O) groups excluding carboxylic acids is 1. The van der Waals surface area contributed by atoms with E-state index in [1.807, 2.05) is 12.1 Å². The minimum absolute atomic E-state index is 0.315. The second-order valence-corrected chi connectivity index (χ2v) is 6.04. The molecule has 0 aliphatic heterocycles. The van der Waals surface area contributed by atoms with Gasteiger partial charge >= 0.3 is 5.97 Å². The van der Waals surface area contributed by atoms with Gasteiger partial charge in [-0.1, -0.05) is 19.8 Å². The number of nitrogens with one attached hydrogen (secondary N) is 1. The van der Waals surface area contributed by atoms with Crippen LogP contribution < -0.4 is 11.1 Å². The molecule has 3 N–H and O–H groups in total. The Morgan fingerprint density at radius 3 is 2.95 bits per heavy atom. The lowest BCUT2D eigenvalue weighted by molar-refractivity contribution is 0.0527. The fraction of sp³-hybridized carbons (Fsp3) is 0.588. The van der Waals surface area contributed by atoms with Crippen molar-refractivity contribution in [1.29, 1.82) is 0 Å². The Morgan fingerprint density at radius 2 is 2.24 bits per heavy atom. The predicted octanol–water partition coefficient (Wildman–Crippen LogP) is 3.68. The third kappa shape index (κ3) is 4.38. The average Bonchev–Trinajstić information content (AvgIpc) is 2.46. The Bertz CT molecular complexity index is 488. The van der Waals surface area contributed by atoms with E-state index in [1.165, 1.54) is 25.7 Å². The van der Waals surface area contributed by atoms with Crippen molar-refractivity contribution >= 4 is 17.3 Å². The maximum Gasteiger partial charge on any atom is 0.340 e. The van der Waals surface area contributed by atoms with Crippen LogP contribution >= 0.6 is 0 Å². The Labute approximate surface area is 127 Å². The lowest BCUT2D eigenvalue weighted by Crippen LogP contribution is -2.22. The van der Waals surface area contributed by atoms with Gasteiger partial charge in [0.15, 0.2) is 0 Å². The standard InChI is InChI=1S/C17H26N2O2/c1-3-21-17(20)15-10-14(18)7-8-16(15)19-11-13-6-4-5-12(2)9-13/h7-8,10,12-13,19H,3-6,9,11,18H2,1-2H3. The van der Waals surface area contributed by atoms with Gasteiger partial charge in [0.25, 0.3) is 0 Å². The van der Waals surface area contributed by atoms with E-state index in [0.29, 0.717) is 23.8 Å². The SMILES string of the molecule is CCOC(=O)c1cc(N)ccc1NCC1CCCC(C)C1. The summed E-state index contributed by atoms with van der Waals surface area (Å²) in [5, 5.41) is 3.41. The predicted molar refractivity (Wildman–Crippen MR) is 86.4 cm³/mol. The second-order valence-electron chi connectivity index (χ2n) is 6.04. The third-order valence-electron chi connectivity index (χ3n) is 4.17. The lowest BCUT2D eigenvalue weighted by atomic mass is 9.82. The van der Waals surface area contributed by atoms with E-state index in [1.54, 1.807) is 13.0 Å². The second kappa shape index (κ2) is 7.34. The number of nitrogen functional groups attached to an aromatic ring is 1. The monoisotopic (exact) mass is 290 g/mol. The molecule has 116 valence electrons. The molecule has 1 aromatic carbocycles. The molecule has 2 unspecified atom stereocenters. The molecule has 21 heavy (non-hydrogen) atoms. The van der Waals surface area contributed by atoms with E-state index in [-0.39, 0.29) is 5.97 Å². The first-order chi connectivity index (χ1) is 10.1. The summed E-state index contributed by atoms with van der Waals surface area (Å²) in [4.78, 5) is 12.0. The molecule has 4 heteroatoms. The highest BCUT2D eigenvalue weighted by atomic mass is 16.5. The van der Waals surface area contributed by atoms with Gasteiger partial charge in [0, 0.05) is 17.9 Å². The van der Waals surface area contributed by atoms with Gasteiger partial charge in [0.1, 0.15) is 0 Å². The zero-order valence-corrected chi connectivity index (χ0v) is 13.0. The molecule has 0 bridgehead atoms. The third-order valence-corrected chi connectivity index (χ3v) is 4.17. The summed E-state index contributed by atoms with van der Waals surface area (Å²) in [7, 11) is 0. The summed E-state index contributed by atoms with van der Waals surface area (Å²) in [6.45, 7) is 5.40. The fourth-order valence-electron chi connectivity index (χ4n) is 3.09. The number of anilines is 2. The Morgan fingerprint density at radius 1 is 1.43 bits per heavy atom. The van der Waals surface area contributed by atoms with Crippen molar-refractivity contribution in [3.05, 3.63) is 23.8 Å². The van der Waals surface area contributed by atoms with Gasteiger partial charge in [-0.05, 0) is 49.8 Å². The van der Waals surface area contributed by atoms with Crippen molar-refractivity contribution in [3.8, 4) is 0 Å². The minimum atomic E-state index is -0.315. The summed E-state index contributed by atoms with van der Waals surface area (Å²) in [5.41, 5.74) is 7.71. The van der Waals surface area contributed by atoms with Gasteiger partial charge in [-0.15, -0.1) is 0 Å². The van der Waals surface area contributed by atoms with Crippen LogP contribution in [0.5, 0.6) is 0 Å². The molecule has 0 saturated heterocycles. The molecule has 1 aromatic rings. The maximum absolute atomic E-state index is 12.0. The van der Waals surface area contributed by atoms with Crippen LogP contribution in [0.2, 0.25) is 0 Å². The van der Waals surface area contributed by atoms with E-state index < -0.39 is 0 Å². The van der Waals surface area contributed by atoms with Crippen LogP contribution in [-0.2, 0) is 4.74 Å². The van der Waals surface area contributed by atoms with Gasteiger partial charge < -0.3 is 15.8 Å². The molecule has 2 rings (SSSR count). The van der Waals surface area contributed by atoms with Crippen LogP contribution in [0.4, 0.5) is 11.4 Å². The van der Waals surface area contributed by atoms with E-state index in [0.717, 1.165) is 18.2 Å². The molecule has 4 nitrogen and oxygen atoms in total. The quantitative estimate of drug-likeness (QED) is 0.641. The van der Waals surface area contributed by atoms with Crippen LogP contribution in [0.15, 0.2) is 18.2 Å². The minimum Gasteiger partial charge on any atom is -0.462 e. The number of benzene rings is 1. The molecule has 0 amide bonds. The Hall–Kier alpha value is -1.71.